The molecule has 0 aliphatic rings. The number of benzene rings is 2. The van der Waals surface area contributed by atoms with E-state index in [9.17, 15) is 0 Å². The summed E-state index contributed by atoms with van der Waals surface area (Å²) in [6, 6.07) is 14.6. The normalized spacial score (nSPS) is 9.90. The van der Waals surface area contributed by atoms with Gasteiger partial charge in [-0.1, -0.05) is 30.3 Å². The maximum atomic E-state index is 8.48. The minimum absolute atomic E-state index is 0.0240. The average molecular weight is 290 g/mol. The molecule has 0 aromatic heterocycles. The van der Waals surface area contributed by atoms with E-state index in [1.165, 1.54) is 0 Å². The van der Waals surface area contributed by atoms with E-state index in [0.29, 0.717) is 17.1 Å². The predicted molar refractivity (Wildman–Crippen MR) is 85.4 cm³/mol. The summed E-state index contributed by atoms with van der Waals surface area (Å²) >= 11 is 0. The number of ether oxygens (including phenoxy) is 1. The zero-order valence-electron chi connectivity index (χ0n) is 11.8. The Bertz CT molecular complexity index is 532. The zero-order chi connectivity index (χ0) is 15.7. The van der Waals surface area contributed by atoms with Crippen molar-refractivity contribution in [3.8, 4) is 5.75 Å². The van der Waals surface area contributed by atoms with Gasteiger partial charge in [0, 0.05) is 5.69 Å². The van der Waals surface area contributed by atoms with E-state index in [1.807, 2.05) is 30.3 Å². The molecule has 0 amide bonds. The molecule has 6 heteroatoms. The first-order valence-corrected chi connectivity index (χ1v) is 6.49. The molecule has 9 N–H and O–H groups in total. The van der Waals surface area contributed by atoms with Gasteiger partial charge in [-0.2, -0.15) is 0 Å². The third-order valence-corrected chi connectivity index (χ3v) is 2.57. The van der Waals surface area contributed by atoms with Gasteiger partial charge in [0.25, 0.3) is 0 Å². The molecule has 0 atom stereocenters. The van der Waals surface area contributed by atoms with Gasteiger partial charge in [-0.25, -0.2) is 0 Å². The van der Waals surface area contributed by atoms with E-state index in [4.69, 9.17) is 32.8 Å². The molecule has 0 saturated heterocycles. The third kappa shape index (κ3) is 6.13. The summed E-state index contributed by atoms with van der Waals surface area (Å²) < 4.78 is 5.11. The van der Waals surface area contributed by atoms with Crippen LogP contribution in [0.4, 0.5) is 11.4 Å². The van der Waals surface area contributed by atoms with Crippen LogP contribution in [0.2, 0.25) is 0 Å². The van der Waals surface area contributed by atoms with Gasteiger partial charge in [-0.05, 0) is 23.8 Å². The molecule has 0 bridgehead atoms. The fourth-order valence-corrected chi connectivity index (χ4v) is 1.53. The van der Waals surface area contributed by atoms with Gasteiger partial charge in [0.1, 0.15) is 12.4 Å². The van der Waals surface area contributed by atoms with Crippen LogP contribution < -0.4 is 27.7 Å². The predicted octanol–water partition coefficient (Wildman–Crippen LogP) is 0.825. The van der Waals surface area contributed by atoms with Crippen LogP contribution in [-0.2, 0) is 0 Å². The van der Waals surface area contributed by atoms with Gasteiger partial charge in [0.05, 0.1) is 18.5 Å². The molecule has 0 unspecified atom stereocenters. The lowest BCUT2D eigenvalue weighted by Crippen LogP contribution is -2.19. The van der Waals surface area contributed by atoms with Gasteiger partial charge < -0.3 is 32.8 Å². The molecule has 0 radical (unpaired) electrons. The first kappa shape index (κ1) is 16.8. The second kappa shape index (κ2) is 8.80. The quantitative estimate of drug-likeness (QED) is 0.418. The van der Waals surface area contributed by atoms with Crippen molar-refractivity contribution in [2.24, 2.45) is 11.5 Å². The lowest BCUT2D eigenvalue weighted by molar-refractivity contribution is 0.202. The number of rotatable bonds is 4. The molecule has 6 nitrogen and oxygen atoms in total. The molecular weight excluding hydrogens is 268 g/mol. The van der Waals surface area contributed by atoms with Crippen LogP contribution in [0.15, 0.2) is 48.5 Å². The Labute approximate surface area is 124 Å². The van der Waals surface area contributed by atoms with Crippen molar-refractivity contribution < 1.29 is 9.84 Å². The van der Waals surface area contributed by atoms with E-state index in [-0.39, 0.29) is 19.4 Å². The van der Waals surface area contributed by atoms with Crippen LogP contribution in [0.1, 0.15) is 11.7 Å². The summed E-state index contributed by atoms with van der Waals surface area (Å²) in [5, 5.41) is 8.48. The number of hydrogen-bond acceptors (Lipinski definition) is 6. The van der Waals surface area contributed by atoms with Crippen molar-refractivity contribution in [3.05, 3.63) is 54.1 Å². The van der Waals surface area contributed by atoms with E-state index >= 15 is 0 Å². The molecule has 0 saturated carbocycles. The average Bonchev–Trinajstić information content (AvgIpc) is 2.48. The summed E-state index contributed by atoms with van der Waals surface area (Å²) in [5.41, 5.74) is 23.9. The van der Waals surface area contributed by atoms with Gasteiger partial charge in [0.15, 0.2) is 0 Å². The Kier molecular flexibility index (Phi) is 7.03. The zero-order valence-corrected chi connectivity index (χ0v) is 11.8. The lowest BCUT2D eigenvalue weighted by Gasteiger charge is -2.07. The lowest BCUT2D eigenvalue weighted by atomic mass is 10.2. The molecule has 0 heterocycles. The van der Waals surface area contributed by atoms with Gasteiger partial charge in [0.2, 0.25) is 0 Å². The van der Waals surface area contributed by atoms with E-state index in [2.05, 4.69) is 0 Å². The van der Waals surface area contributed by atoms with Crippen molar-refractivity contribution in [1.82, 2.24) is 0 Å². The molecule has 21 heavy (non-hydrogen) atoms. The number of anilines is 2. The highest BCUT2D eigenvalue weighted by atomic mass is 16.5. The van der Waals surface area contributed by atoms with Crippen LogP contribution in [0.5, 0.6) is 5.75 Å². The molecule has 0 fully saturated rings. The number of nitrogen functional groups attached to an aromatic ring is 2. The minimum Gasteiger partial charge on any atom is -0.489 e. The minimum atomic E-state index is -0.341. The van der Waals surface area contributed by atoms with E-state index in [1.54, 1.807) is 18.2 Å². The summed E-state index contributed by atoms with van der Waals surface area (Å²) in [4.78, 5) is 0. The van der Waals surface area contributed by atoms with Crippen LogP contribution in [0.25, 0.3) is 0 Å². The smallest absolute Gasteiger partial charge is 0.142 e. The molecule has 2 rings (SSSR count). The standard InChI is InChI=1S/C8H12N2O2.C7H10N2/c9-6-1-2-8(7(10)5-6)12-4-3-11;8-7(9)6-4-2-1-3-5-6/h1-2,5,11H,3-4,9-10H2;1-5,7H,8-9H2. The first-order chi connectivity index (χ1) is 10.0. The summed E-state index contributed by atoms with van der Waals surface area (Å²) in [6.45, 7) is 0.220. The van der Waals surface area contributed by atoms with Crippen LogP contribution in [0, 0.1) is 0 Å². The fourth-order valence-electron chi connectivity index (χ4n) is 1.53. The summed E-state index contributed by atoms with van der Waals surface area (Å²) in [6.07, 6.45) is -0.341. The molecule has 0 aliphatic carbocycles. The van der Waals surface area contributed by atoms with Crippen molar-refractivity contribution in [3.63, 3.8) is 0 Å². The number of hydrogen-bond donors (Lipinski definition) is 5. The van der Waals surface area contributed by atoms with Crippen molar-refractivity contribution in [2.45, 2.75) is 6.17 Å². The van der Waals surface area contributed by atoms with E-state index < -0.39 is 0 Å². The Morgan fingerprint density at radius 2 is 1.67 bits per heavy atom. The maximum absolute atomic E-state index is 8.48. The fraction of sp³-hybridized carbons (Fsp3) is 0.200. The van der Waals surface area contributed by atoms with Crippen molar-refractivity contribution >= 4 is 11.4 Å². The van der Waals surface area contributed by atoms with Crippen molar-refractivity contribution in [2.75, 3.05) is 24.7 Å². The van der Waals surface area contributed by atoms with Crippen LogP contribution >= 0.6 is 0 Å². The van der Waals surface area contributed by atoms with Crippen LogP contribution in [-0.4, -0.2) is 18.3 Å². The molecule has 2 aromatic carbocycles. The second-order valence-corrected chi connectivity index (χ2v) is 4.31. The second-order valence-electron chi connectivity index (χ2n) is 4.31. The highest BCUT2D eigenvalue weighted by Crippen LogP contribution is 2.23. The summed E-state index contributed by atoms with van der Waals surface area (Å²) in [7, 11) is 0. The van der Waals surface area contributed by atoms with Gasteiger partial charge >= 0.3 is 0 Å². The Morgan fingerprint density at radius 3 is 2.14 bits per heavy atom. The SMILES string of the molecule is NC(N)c1ccccc1.Nc1ccc(OCCO)c(N)c1. The van der Waals surface area contributed by atoms with Gasteiger partial charge in [-0.3, -0.25) is 0 Å². The monoisotopic (exact) mass is 290 g/mol. The maximum Gasteiger partial charge on any atom is 0.142 e. The first-order valence-electron chi connectivity index (χ1n) is 6.49. The summed E-state index contributed by atoms with van der Waals surface area (Å²) in [5.74, 6) is 0.554. The highest BCUT2D eigenvalue weighted by Gasteiger charge is 1.98. The topological polar surface area (TPSA) is 134 Å². The molecule has 114 valence electrons. The van der Waals surface area contributed by atoms with Crippen LogP contribution in [0.3, 0.4) is 0 Å². The Hall–Kier alpha value is -2.28. The van der Waals surface area contributed by atoms with E-state index in [0.717, 1.165) is 5.56 Å². The highest BCUT2D eigenvalue weighted by molar-refractivity contribution is 5.60. The largest absolute Gasteiger partial charge is 0.489 e. The number of aliphatic hydroxyl groups is 1. The van der Waals surface area contributed by atoms with Crippen molar-refractivity contribution in [1.29, 1.82) is 0 Å². The van der Waals surface area contributed by atoms with Gasteiger partial charge in [-0.15, -0.1) is 0 Å². The Balaban J connectivity index is 0.000000219. The molecule has 2 aromatic rings. The Morgan fingerprint density at radius 1 is 1.00 bits per heavy atom. The third-order valence-electron chi connectivity index (χ3n) is 2.57. The molecule has 0 aliphatic heterocycles. The molecule has 0 spiro atoms. The molecular formula is C15H22N4O2. The number of aliphatic hydroxyl groups excluding tert-OH is 1. The number of nitrogens with two attached hydrogens (primary N) is 4.